The van der Waals surface area contributed by atoms with E-state index in [0.29, 0.717) is 16.5 Å². The first kappa shape index (κ1) is 22.4. The number of phosphoric acid groups is 1. The molecule has 2 aromatic rings. The maximum Gasteiger partial charge on any atom is 0.471 e. The molecule has 0 saturated heterocycles. The molecular weight excluding hydrogens is 411 g/mol. The van der Waals surface area contributed by atoms with Gasteiger partial charge in [-0.25, -0.2) is 9.55 Å². The van der Waals surface area contributed by atoms with Gasteiger partial charge in [0.05, 0.1) is 11.6 Å². The third-order valence-corrected chi connectivity index (χ3v) is 4.11. The Morgan fingerprint density at radius 1 is 1.39 bits per heavy atom. The van der Waals surface area contributed by atoms with Crippen LogP contribution in [0.1, 0.15) is 24.3 Å². The number of hydrogen-bond donors (Lipinski definition) is 5. The van der Waals surface area contributed by atoms with E-state index in [4.69, 9.17) is 26.1 Å². The van der Waals surface area contributed by atoms with Crippen LogP contribution in [-0.2, 0) is 13.8 Å². The Labute approximate surface area is 166 Å². The van der Waals surface area contributed by atoms with E-state index in [1.165, 1.54) is 0 Å². The summed E-state index contributed by atoms with van der Waals surface area (Å²) >= 11 is 6.23. The van der Waals surface area contributed by atoms with Gasteiger partial charge in [0.1, 0.15) is 11.5 Å². The molecule has 28 heavy (non-hydrogen) atoms. The number of aromatic nitrogens is 2. The van der Waals surface area contributed by atoms with Gasteiger partial charge in [-0.2, -0.15) is 0 Å². The molecule has 0 aromatic carbocycles. The SMILES string of the molecule is CC(C)Nc1cc(-c2c[nH]c(C(=O)NCCOCOP(=O)(O)O)c2)c(Cl)cn1. The molecule has 154 valence electrons. The third kappa shape index (κ3) is 7.23. The lowest BCUT2D eigenvalue weighted by atomic mass is 10.1. The van der Waals surface area contributed by atoms with Gasteiger partial charge in [0.2, 0.25) is 0 Å². The van der Waals surface area contributed by atoms with Crippen LogP contribution in [-0.4, -0.2) is 51.6 Å². The van der Waals surface area contributed by atoms with Crippen molar-refractivity contribution in [1.29, 1.82) is 0 Å². The van der Waals surface area contributed by atoms with E-state index in [2.05, 4.69) is 25.1 Å². The Bertz CT molecular complexity index is 853. The summed E-state index contributed by atoms with van der Waals surface area (Å²) in [6, 6.07) is 3.68. The smallest absolute Gasteiger partial charge is 0.368 e. The number of hydrogen-bond acceptors (Lipinski definition) is 6. The summed E-state index contributed by atoms with van der Waals surface area (Å²) in [5.74, 6) is 0.313. The van der Waals surface area contributed by atoms with Crippen LogP contribution in [0, 0.1) is 0 Å². The molecule has 0 bridgehead atoms. The van der Waals surface area contributed by atoms with E-state index in [9.17, 15) is 9.36 Å². The van der Waals surface area contributed by atoms with Crippen molar-refractivity contribution in [3.05, 3.63) is 35.2 Å². The topological polar surface area (TPSA) is 146 Å². The lowest BCUT2D eigenvalue weighted by Crippen LogP contribution is -2.27. The number of rotatable bonds is 10. The van der Waals surface area contributed by atoms with E-state index in [1.54, 1.807) is 18.5 Å². The summed E-state index contributed by atoms with van der Waals surface area (Å²) in [4.78, 5) is 36.3. The number of pyridine rings is 1. The van der Waals surface area contributed by atoms with Crippen LogP contribution in [0.4, 0.5) is 5.82 Å². The second-order valence-corrected chi connectivity index (χ2v) is 7.70. The molecule has 0 aliphatic rings. The average Bonchev–Trinajstić information content (AvgIpc) is 3.08. The van der Waals surface area contributed by atoms with Crippen LogP contribution in [0.2, 0.25) is 5.02 Å². The minimum absolute atomic E-state index is 0.0275. The molecule has 12 heteroatoms. The molecule has 0 saturated carbocycles. The largest absolute Gasteiger partial charge is 0.471 e. The Hall–Kier alpha value is -1.94. The summed E-state index contributed by atoms with van der Waals surface area (Å²) in [6.07, 6.45) is 3.21. The molecule has 0 radical (unpaired) electrons. The van der Waals surface area contributed by atoms with Gasteiger partial charge in [-0.1, -0.05) is 11.6 Å². The van der Waals surface area contributed by atoms with Crippen LogP contribution in [0.5, 0.6) is 0 Å². The molecular formula is C16H22ClN4O6P. The maximum absolute atomic E-state index is 12.2. The van der Waals surface area contributed by atoms with Gasteiger partial charge in [0.15, 0.2) is 6.79 Å². The van der Waals surface area contributed by atoms with Gasteiger partial charge >= 0.3 is 7.82 Å². The predicted molar refractivity (Wildman–Crippen MR) is 104 cm³/mol. The summed E-state index contributed by atoms with van der Waals surface area (Å²) in [5.41, 5.74) is 1.79. The molecule has 5 N–H and O–H groups in total. The van der Waals surface area contributed by atoms with Crippen LogP contribution < -0.4 is 10.6 Å². The second kappa shape index (κ2) is 10.0. The molecule has 2 heterocycles. The number of carbonyl (C=O) groups excluding carboxylic acids is 1. The molecule has 0 spiro atoms. The zero-order valence-corrected chi connectivity index (χ0v) is 17.0. The summed E-state index contributed by atoms with van der Waals surface area (Å²) < 4.78 is 19.5. The second-order valence-electron chi connectivity index (χ2n) is 6.05. The fourth-order valence-electron chi connectivity index (χ4n) is 2.21. The van der Waals surface area contributed by atoms with Gasteiger partial charge in [-0.3, -0.25) is 9.32 Å². The number of anilines is 1. The van der Waals surface area contributed by atoms with Crippen molar-refractivity contribution in [2.75, 3.05) is 25.3 Å². The van der Waals surface area contributed by atoms with Crippen LogP contribution in [0.3, 0.4) is 0 Å². The van der Waals surface area contributed by atoms with E-state index in [0.717, 1.165) is 11.1 Å². The minimum Gasteiger partial charge on any atom is -0.368 e. The zero-order chi connectivity index (χ0) is 20.7. The number of ether oxygens (including phenoxy) is 1. The van der Waals surface area contributed by atoms with Gasteiger partial charge < -0.3 is 30.1 Å². The number of nitrogens with one attached hydrogen (secondary N) is 3. The van der Waals surface area contributed by atoms with Crippen molar-refractivity contribution in [2.45, 2.75) is 19.9 Å². The first-order valence-corrected chi connectivity index (χ1v) is 10.2. The summed E-state index contributed by atoms with van der Waals surface area (Å²) in [7, 11) is -4.56. The number of halogens is 1. The van der Waals surface area contributed by atoms with E-state index >= 15 is 0 Å². The average molecular weight is 433 g/mol. The van der Waals surface area contributed by atoms with Crippen molar-refractivity contribution < 1.29 is 28.4 Å². The number of carbonyl (C=O) groups is 1. The minimum atomic E-state index is -4.56. The van der Waals surface area contributed by atoms with Crippen LogP contribution in [0.15, 0.2) is 24.5 Å². The Morgan fingerprint density at radius 3 is 2.82 bits per heavy atom. The zero-order valence-electron chi connectivity index (χ0n) is 15.3. The highest BCUT2D eigenvalue weighted by Gasteiger charge is 2.14. The van der Waals surface area contributed by atoms with Gasteiger partial charge in [-0.15, -0.1) is 0 Å². The number of phosphoric ester groups is 1. The fraction of sp³-hybridized carbons (Fsp3) is 0.375. The highest BCUT2D eigenvalue weighted by molar-refractivity contribution is 7.46. The Kier molecular flexibility index (Phi) is 7.99. The highest BCUT2D eigenvalue weighted by atomic mass is 35.5. The fourth-order valence-corrected chi connectivity index (χ4v) is 2.64. The third-order valence-electron chi connectivity index (χ3n) is 3.37. The van der Waals surface area contributed by atoms with Crippen molar-refractivity contribution in [1.82, 2.24) is 15.3 Å². The van der Waals surface area contributed by atoms with Crippen molar-refractivity contribution >= 4 is 31.1 Å². The molecule has 0 unspecified atom stereocenters. The lowest BCUT2D eigenvalue weighted by Gasteiger charge is -2.10. The highest BCUT2D eigenvalue weighted by Crippen LogP contribution is 2.35. The molecule has 0 atom stereocenters. The predicted octanol–water partition coefficient (Wildman–Crippen LogP) is 2.36. The summed E-state index contributed by atoms with van der Waals surface area (Å²) in [6.45, 7) is 3.59. The van der Waals surface area contributed by atoms with E-state index < -0.39 is 14.6 Å². The molecule has 2 rings (SSSR count). The quantitative estimate of drug-likeness (QED) is 0.218. The number of amides is 1. The normalized spacial score (nSPS) is 11.6. The van der Waals surface area contributed by atoms with Gasteiger partial charge in [-0.05, 0) is 26.0 Å². The molecule has 2 aromatic heterocycles. The van der Waals surface area contributed by atoms with Crippen LogP contribution in [0.25, 0.3) is 11.1 Å². The number of H-pyrrole nitrogens is 1. The van der Waals surface area contributed by atoms with Gasteiger partial charge in [0.25, 0.3) is 5.91 Å². The molecule has 0 aliphatic carbocycles. The number of aromatic amines is 1. The summed E-state index contributed by atoms with van der Waals surface area (Å²) in [5, 5.41) is 6.26. The van der Waals surface area contributed by atoms with Crippen LogP contribution >= 0.6 is 19.4 Å². The van der Waals surface area contributed by atoms with E-state index in [-0.39, 0.29) is 25.1 Å². The molecule has 0 fully saturated rings. The van der Waals surface area contributed by atoms with Gasteiger partial charge in [0, 0.05) is 36.1 Å². The molecule has 1 amide bonds. The monoisotopic (exact) mass is 432 g/mol. The number of nitrogens with zero attached hydrogens (tertiary/aromatic N) is 1. The van der Waals surface area contributed by atoms with Crippen molar-refractivity contribution in [2.24, 2.45) is 0 Å². The van der Waals surface area contributed by atoms with Crippen molar-refractivity contribution in [3.63, 3.8) is 0 Å². The molecule has 10 nitrogen and oxygen atoms in total. The Morgan fingerprint density at radius 2 is 2.14 bits per heavy atom. The van der Waals surface area contributed by atoms with E-state index in [1.807, 2.05) is 19.9 Å². The standard InChI is InChI=1S/C16H22ClN4O6P/c1-10(2)21-15-6-12(13(17)8-20-15)11-5-14(19-7-11)16(22)18-3-4-26-9-27-28(23,24)25/h5-8,10,19H,3-4,9H2,1-2H3,(H,18,22)(H,20,21)(H2,23,24,25). The molecule has 0 aliphatic heterocycles. The Balaban J connectivity index is 1.91. The van der Waals surface area contributed by atoms with Crippen molar-refractivity contribution in [3.8, 4) is 11.1 Å². The maximum atomic E-state index is 12.2. The first-order valence-electron chi connectivity index (χ1n) is 8.32. The first-order chi connectivity index (χ1) is 13.2. The lowest BCUT2D eigenvalue weighted by molar-refractivity contribution is -0.000105.